The van der Waals surface area contributed by atoms with Gasteiger partial charge in [-0.05, 0) is 75.3 Å². The van der Waals surface area contributed by atoms with Crippen LogP contribution in [0.4, 0.5) is 0 Å². The van der Waals surface area contributed by atoms with Crippen molar-refractivity contribution in [2.45, 2.75) is 59.4 Å². The van der Waals surface area contributed by atoms with Gasteiger partial charge in [-0.2, -0.15) is 0 Å². The normalized spacial score (nSPS) is 15.0. The van der Waals surface area contributed by atoms with Crippen LogP contribution in [0.5, 0.6) is 0 Å². The summed E-state index contributed by atoms with van der Waals surface area (Å²) in [6.45, 7) is 13.2. The van der Waals surface area contributed by atoms with Crippen LogP contribution >= 0.6 is 0 Å². The third kappa shape index (κ3) is 3.47. The van der Waals surface area contributed by atoms with E-state index in [0.717, 1.165) is 27.8 Å². The Kier molecular flexibility index (Phi) is 5.58. The highest BCUT2D eigenvalue weighted by molar-refractivity contribution is 7.89. The zero-order valence-corrected chi connectivity index (χ0v) is 14.9. The maximum atomic E-state index is 12.7. The molecule has 0 aromatic heterocycles. The lowest BCUT2D eigenvalue weighted by molar-refractivity contribution is 0.216. The van der Waals surface area contributed by atoms with Crippen LogP contribution in [-0.4, -0.2) is 26.2 Å². The molecule has 1 aromatic carbocycles. The molecule has 2 unspecified atom stereocenters. The first-order chi connectivity index (χ1) is 9.54. The summed E-state index contributed by atoms with van der Waals surface area (Å²) < 4.78 is 28.1. The van der Waals surface area contributed by atoms with Crippen LogP contribution in [-0.2, 0) is 10.0 Å². The molecule has 1 rings (SSSR count). The maximum absolute atomic E-state index is 12.7. The van der Waals surface area contributed by atoms with Crippen molar-refractivity contribution in [3.8, 4) is 0 Å². The Balaban J connectivity index is 3.40. The van der Waals surface area contributed by atoms with Gasteiger partial charge < -0.3 is 5.11 Å². The number of aliphatic hydroxyl groups is 1. The highest BCUT2D eigenvalue weighted by Gasteiger charge is 2.26. The van der Waals surface area contributed by atoms with Crippen LogP contribution in [0, 0.1) is 40.5 Å². The van der Waals surface area contributed by atoms with Gasteiger partial charge in [-0.25, -0.2) is 13.1 Å². The summed E-state index contributed by atoms with van der Waals surface area (Å²) in [5.41, 5.74) is 4.77. The third-order valence-electron chi connectivity index (χ3n) is 4.68. The molecule has 0 amide bonds. The summed E-state index contributed by atoms with van der Waals surface area (Å²) in [7, 11) is -3.60. The average molecular weight is 313 g/mol. The second-order valence-electron chi connectivity index (χ2n) is 6.02. The monoisotopic (exact) mass is 313 g/mol. The highest BCUT2D eigenvalue weighted by Crippen LogP contribution is 2.29. The number of nitrogens with one attached hydrogen (secondary N) is 1. The molecular formula is C16H27NO3S. The third-order valence-corrected chi connectivity index (χ3v) is 6.51. The Morgan fingerprint density at radius 3 is 1.67 bits per heavy atom. The molecule has 0 radical (unpaired) electrons. The predicted octanol–water partition coefficient (Wildman–Crippen LogP) is 2.52. The van der Waals surface area contributed by atoms with Crippen molar-refractivity contribution in [1.29, 1.82) is 0 Å². The maximum Gasteiger partial charge on any atom is 0.241 e. The topological polar surface area (TPSA) is 66.4 Å². The molecule has 0 bridgehead atoms. The second kappa shape index (κ2) is 6.46. The van der Waals surface area contributed by atoms with Crippen molar-refractivity contribution >= 4 is 10.0 Å². The lowest BCUT2D eigenvalue weighted by atomic mass is 9.95. The van der Waals surface area contributed by atoms with Gasteiger partial charge in [0.1, 0.15) is 0 Å². The minimum atomic E-state index is -3.60. The second-order valence-corrected chi connectivity index (χ2v) is 7.67. The van der Waals surface area contributed by atoms with E-state index in [9.17, 15) is 13.5 Å². The van der Waals surface area contributed by atoms with Gasteiger partial charge in [0.25, 0.3) is 0 Å². The molecule has 2 N–H and O–H groups in total. The smallest absolute Gasteiger partial charge is 0.241 e. The standard InChI is InChI=1S/C16H27NO3S/c1-9(8-18)15(7)17-21(19,20)16-13(5)11(3)10(2)12(4)14(16)6/h9,15,17-18H,8H2,1-7H3. The molecule has 2 atom stereocenters. The van der Waals surface area contributed by atoms with Crippen molar-refractivity contribution in [1.82, 2.24) is 4.72 Å². The molecular weight excluding hydrogens is 286 g/mol. The van der Waals surface area contributed by atoms with Crippen molar-refractivity contribution < 1.29 is 13.5 Å². The molecule has 120 valence electrons. The predicted molar refractivity (Wildman–Crippen MR) is 86.2 cm³/mol. The van der Waals surface area contributed by atoms with E-state index in [1.165, 1.54) is 0 Å². The Bertz CT molecular complexity index is 606. The molecule has 0 heterocycles. The fraction of sp³-hybridized carbons (Fsp3) is 0.625. The molecule has 0 fully saturated rings. The van der Waals surface area contributed by atoms with E-state index >= 15 is 0 Å². The lowest BCUT2D eigenvalue weighted by Crippen LogP contribution is -2.39. The van der Waals surface area contributed by atoms with E-state index in [2.05, 4.69) is 4.72 Å². The molecule has 0 saturated carbocycles. The molecule has 4 nitrogen and oxygen atoms in total. The fourth-order valence-corrected chi connectivity index (χ4v) is 4.40. The van der Waals surface area contributed by atoms with Crippen molar-refractivity contribution in [2.24, 2.45) is 5.92 Å². The van der Waals surface area contributed by atoms with Crippen LogP contribution in [0.15, 0.2) is 4.90 Å². The molecule has 1 aromatic rings. The van der Waals surface area contributed by atoms with Gasteiger partial charge in [-0.15, -0.1) is 0 Å². The van der Waals surface area contributed by atoms with Crippen LogP contribution in [0.1, 0.15) is 41.7 Å². The fourth-order valence-electron chi connectivity index (χ4n) is 2.45. The Labute approximate surface area is 128 Å². The first-order valence-electron chi connectivity index (χ1n) is 7.24. The van der Waals surface area contributed by atoms with E-state index in [4.69, 9.17) is 0 Å². The van der Waals surface area contributed by atoms with E-state index in [1.54, 1.807) is 6.92 Å². The highest BCUT2D eigenvalue weighted by atomic mass is 32.2. The van der Waals surface area contributed by atoms with Crippen LogP contribution in [0.25, 0.3) is 0 Å². The van der Waals surface area contributed by atoms with Crippen molar-refractivity contribution in [2.75, 3.05) is 6.61 Å². The van der Waals surface area contributed by atoms with E-state index < -0.39 is 10.0 Å². The van der Waals surface area contributed by atoms with Crippen LogP contribution < -0.4 is 4.72 Å². The van der Waals surface area contributed by atoms with Gasteiger partial charge in [0.15, 0.2) is 0 Å². The first-order valence-corrected chi connectivity index (χ1v) is 8.73. The first kappa shape index (κ1) is 18.1. The van der Waals surface area contributed by atoms with E-state index in [-0.39, 0.29) is 18.6 Å². The molecule has 0 spiro atoms. The number of benzene rings is 1. The van der Waals surface area contributed by atoms with Gasteiger partial charge in [-0.3, -0.25) is 0 Å². The lowest BCUT2D eigenvalue weighted by Gasteiger charge is -2.23. The van der Waals surface area contributed by atoms with Gasteiger partial charge >= 0.3 is 0 Å². The Morgan fingerprint density at radius 2 is 1.29 bits per heavy atom. The Morgan fingerprint density at radius 1 is 0.905 bits per heavy atom. The van der Waals surface area contributed by atoms with Gasteiger partial charge in [0.05, 0.1) is 4.90 Å². The van der Waals surface area contributed by atoms with Crippen LogP contribution in [0.2, 0.25) is 0 Å². The minimum absolute atomic E-state index is 0.0480. The Hall–Kier alpha value is -0.910. The van der Waals surface area contributed by atoms with E-state index in [1.807, 2.05) is 41.5 Å². The summed E-state index contributed by atoms with van der Waals surface area (Å²) in [6, 6.07) is -0.319. The van der Waals surface area contributed by atoms with Crippen molar-refractivity contribution in [3.63, 3.8) is 0 Å². The largest absolute Gasteiger partial charge is 0.396 e. The summed E-state index contributed by atoms with van der Waals surface area (Å²) >= 11 is 0. The summed E-state index contributed by atoms with van der Waals surface area (Å²) in [5.74, 6) is -0.131. The number of sulfonamides is 1. The minimum Gasteiger partial charge on any atom is -0.396 e. The van der Waals surface area contributed by atoms with Crippen LogP contribution in [0.3, 0.4) is 0 Å². The summed E-state index contributed by atoms with van der Waals surface area (Å²) in [5, 5.41) is 9.17. The van der Waals surface area contributed by atoms with Crippen molar-refractivity contribution in [3.05, 3.63) is 27.8 Å². The molecule has 5 heteroatoms. The van der Waals surface area contributed by atoms with Gasteiger partial charge in [0, 0.05) is 12.6 Å². The molecule has 0 aliphatic heterocycles. The average Bonchev–Trinajstić information content (AvgIpc) is 2.41. The SMILES string of the molecule is Cc1c(C)c(C)c(S(=O)(=O)NC(C)C(C)CO)c(C)c1C. The van der Waals surface area contributed by atoms with Gasteiger partial charge in [-0.1, -0.05) is 6.92 Å². The zero-order chi connectivity index (χ0) is 16.5. The molecule has 0 saturated heterocycles. The number of hydrogen-bond acceptors (Lipinski definition) is 3. The summed E-state index contributed by atoms with van der Waals surface area (Å²) in [6.07, 6.45) is 0. The number of aliphatic hydroxyl groups excluding tert-OH is 1. The van der Waals surface area contributed by atoms with Gasteiger partial charge in [0.2, 0.25) is 10.0 Å². The van der Waals surface area contributed by atoms with E-state index in [0.29, 0.717) is 4.90 Å². The number of rotatable bonds is 5. The molecule has 21 heavy (non-hydrogen) atoms. The quantitative estimate of drug-likeness (QED) is 0.878. The summed E-state index contributed by atoms with van der Waals surface area (Å²) in [4.78, 5) is 0.375. The number of hydrogen-bond donors (Lipinski definition) is 2. The zero-order valence-electron chi connectivity index (χ0n) is 14.0. The molecule has 0 aliphatic carbocycles. The molecule has 0 aliphatic rings.